The van der Waals surface area contributed by atoms with E-state index in [1.165, 1.54) is 0 Å². The molecule has 1 aromatic carbocycles. The molecule has 1 aromatic rings. The van der Waals surface area contributed by atoms with Crippen LogP contribution in [-0.2, 0) is 10.0 Å². The topological polar surface area (TPSA) is 49.4 Å². The zero-order valence-electron chi connectivity index (χ0n) is 10.2. The van der Waals surface area contributed by atoms with E-state index in [-0.39, 0.29) is 18.7 Å². The van der Waals surface area contributed by atoms with E-state index in [4.69, 9.17) is 0 Å². The third-order valence-corrected chi connectivity index (χ3v) is 5.03. The molecule has 1 aliphatic heterocycles. The van der Waals surface area contributed by atoms with Gasteiger partial charge in [-0.1, -0.05) is 0 Å². The molecular formula is C11H13F3N2O2S. The van der Waals surface area contributed by atoms with Crippen molar-refractivity contribution < 1.29 is 21.6 Å². The molecule has 1 atom stereocenters. The number of hydrogen-bond acceptors (Lipinski definition) is 3. The largest absolute Gasteiger partial charge is 0.314 e. The van der Waals surface area contributed by atoms with E-state index < -0.39 is 32.4 Å². The van der Waals surface area contributed by atoms with E-state index >= 15 is 0 Å². The molecule has 0 aromatic heterocycles. The fraction of sp³-hybridized carbons (Fsp3) is 0.455. The molecule has 8 heteroatoms. The number of hydrogen-bond donors (Lipinski definition) is 1. The van der Waals surface area contributed by atoms with Gasteiger partial charge in [0.2, 0.25) is 10.0 Å². The van der Waals surface area contributed by atoms with Crippen molar-refractivity contribution in [1.29, 1.82) is 0 Å². The van der Waals surface area contributed by atoms with E-state index in [2.05, 4.69) is 5.32 Å². The second-order valence-corrected chi connectivity index (χ2v) is 6.22. The van der Waals surface area contributed by atoms with Crippen molar-refractivity contribution in [2.75, 3.05) is 19.6 Å². The molecule has 106 valence electrons. The number of nitrogens with one attached hydrogen (secondary N) is 1. The summed E-state index contributed by atoms with van der Waals surface area (Å²) in [5.74, 6) is -4.09. The van der Waals surface area contributed by atoms with E-state index in [0.29, 0.717) is 19.2 Å². The molecule has 1 heterocycles. The lowest BCUT2D eigenvalue weighted by molar-refractivity contribution is 0.282. The summed E-state index contributed by atoms with van der Waals surface area (Å²) in [6, 6.07) is 0.246. The summed E-state index contributed by atoms with van der Waals surface area (Å²) >= 11 is 0. The Labute approximate surface area is 109 Å². The molecule has 1 fully saturated rings. The summed E-state index contributed by atoms with van der Waals surface area (Å²) in [4.78, 5) is -0.833. The lowest BCUT2D eigenvalue weighted by Gasteiger charge is -2.32. The quantitative estimate of drug-likeness (QED) is 0.831. The molecule has 0 aliphatic carbocycles. The minimum Gasteiger partial charge on any atom is -0.314 e. The van der Waals surface area contributed by atoms with Crippen molar-refractivity contribution in [3.05, 3.63) is 29.6 Å². The van der Waals surface area contributed by atoms with Crippen LogP contribution in [0.15, 0.2) is 17.0 Å². The predicted octanol–water partition coefficient (Wildman–Crippen LogP) is 1.09. The van der Waals surface area contributed by atoms with Gasteiger partial charge in [-0.15, -0.1) is 0 Å². The monoisotopic (exact) mass is 294 g/mol. The number of halogens is 3. The van der Waals surface area contributed by atoms with E-state index in [1.807, 2.05) is 0 Å². The van der Waals surface area contributed by atoms with Gasteiger partial charge in [0.1, 0.15) is 10.7 Å². The molecule has 2 rings (SSSR count). The molecule has 0 spiro atoms. The Bertz CT molecular complexity index is 592. The van der Waals surface area contributed by atoms with Gasteiger partial charge in [0.15, 0.2) is 11.6 Å². The van der Waals surface area contributed by atoms with Crippen LogP contribution < -0.4 is 5.32 Å². The molecule has 0 bridgehead atoms. The summed E-state index contributed by atoms with van der Waals surface area (Å²) in [7, 11) is -4.17. The number of rotatable bonds is 2. The van der Waals surface area contributed by atoms with Crippen LogP contribution in [0, 0.1) is 17.5 Å². The Morgan fingerprint density at radius 2 is 1.84 bits per heavy atom. The van der Waals surface area contributed by atoms with Gasteiger partial charge in [0.25, 0.3) is 0 Å². The maximum atomic E-state index is 13.6. The highest BCUT2D eigenvalue weighted by atomic mass is 32.2. The van der Waals surface area contributed by atoms with Gasteiger partial charge in [-0.2, -0.15) is 4.31 Å². The first-order valence-corrected chi connectivity index (χ1v) is 7.15. The molecule has 1 unspecified atom stereocenters. The Morgan fingerprint density at radius 1 is 1.21 bits per heavy atom. The van der Waals surface area contributed by atoms with Crippen molar-refractivity contribution in [3.63, 3.8) is 0 Å². The van der Waals surface area contributed by atoms with Gasteiger partial charge >= 0.3 is 0 Å². The summed E-state index contributed by atoms with van der Waals surface area (Å²) in [6.45, 7) is 2.66. The maximum absolute atomic E-state index is 13.6. The highest BCUT2D eigenvalue weighted by molar-refractivity contribution is 7.89. The average molecular weight is 294 g/mol. The van der Waals surface area contributed by atoms with Crippen LogP contribution in [0.3, 0.4) is 0 Å². The van der Waals surface area contributed by atoms with Gasteiger partial charge in [-0.05, 0) is 13.0 Å². The van der Waals surface area contributed by atoms with Crippen LogP contribution in [-0.4, -0.2) is 38.4 Å². The van der Waals surface area contributed by atoms with Crippen molar-refractivity contribution in [2.24, 2.45) is 0 Å². The van der Waals surface area contributed by atoms with E-state index in [1.54, 1.807) is 6.92 Å². The van der Waals surface area contributed by atoms with Gasteiger partial charge in [0.05, 0.1) is 0 Å². The van der Waals surface area contributed by atoms with E-state index in [0.717, 1.165) is 4.31 Å². The first kappa shape index (κ1) is 14.3. The minimum absolute atomic E-state index is 0.155. The first-order valence-electron chi connectivity index (χ1n) is 5.71. The highest BCUT2D eigenvalue weighted by Gasteiger charge is 2.33. The van der Waals surface area contributed by atoms with Crippen LogP contribution in [0.4, 0.5) is 13.2 Å². The fourth-order valence-corrected chi connectivity index (χ4v) is 3.70. The maximum Gasteiger partial charge on any atom is 0.246 e. The van der Waals surface area contributed by atoms with Crippen LogP contribution in [0.2, 0.25) is 0 Å². The number of piperazine rings is 1. The summed E-state index contributed by atoms with van der Waals surface area (Å²) < 4.78 is 65.1. The Hall–Kier alpha value is -1.12. The van der Waals surface area contributed by atoms with Crippen molar-refractivity contribution in [2.45, 2.75) is 17.9 Å². The number of sulfonamides is 1. The highest BCUT2D eigenvalue weighted by Crippen LogP contribution is 2.24. The third kappa shape index (κ3) is 2.60. The molecule has 1 N–H and O–H groups in total. The third-order valence-electron chi connectivity index (χ3n) is 3.00. The van der Waals surface area contributed by atoms with Crippen molar-refractivity contribution >= 4 is 10.0 Å². The molecule has 0 amide bonds. The van der Waals surface area contributed by atoms with Gasteiger partial charge < -0.3 is 5.32 Å². The molecule has 19 heavy (non-hydrogen) atoms. The molecule has 1 aliphatic rings. The second-order valence-electron chi connectivity index (χ2n) is 4.37. The van der Waals surface area contributed by atoms with Gasteiger partial charge in [-0.25, -0.2) is 21.6 Å². The smallest absolute Gasteiger partial charge is 0.246 e. The zero-order valence-corrected chi connectivity index (χ0v) is 11.0. The lowest BCUT2D eigenvalue weighted by atomic mass is 10.3. The molecule has 0 saturated carbocycles. The Morgan fingerprint density at radius 3 is 2.47 bits per heavy atom. The van der Waals surface area contributed by atoms with Gasteiger partial charge in [-0.3, -0.25) is 0 Å². The van der Waals surface area contributed by atoms with Crippen LogP contribution in [0.5, 0.6) is 0 Å². The van der Waals surface area contributed by atoms with Crippen LogP contribution >= 0.6 is 0 Å². The van der Waals surface area contributed by atoms with Crippen molar-refractivity contribution in [3.8, 4) is 0 Å². The van der Waals surface area contributed by atoms with Gasteiger partial charge in [0, 0.05) is 31.7 Å². The minimum atomic E-state index is -4.17. The Balaban J connectivity index is 2.47. The summed E-state index contributed by atoms with van der Waals surface area (Å²) in [5, 5.41) is 2.99. The predicted molar refractivity (Wildman–Crippen MR) is 62.5 cm³/mol. The molecular weight excluding hydrogens is 281 g/mol. The van der Waals surface area contributed by atoms with E-state index in [9.17, 15) is 21.6 Å². The second kappa shape index (κ2) is 5.10. The normalized spacial score (nSPS) is 21.6. The summed E-state index contributed by atoms with van der Waals surface area (Å²) in [5.41, 5.74) is 0. The number of nitrogens with zero attached hydrogens (tertiary/aromatic N) is 1. The number of benzene rings is 1. The SMILES string of the molecule is CC1CNCCN1S(=O)(=O)c1cc(F)c(F)cc1F. The first-order chi connectivity index (χ1) is 8.84. The Kier molecular flexibility index (Phi) is 3.84. The van der Waals surface area contributed by atoms with Crippen LogP contribution in [0.25, 0.3) is 0 Å². The van der Waals surface area contributed by atoms with Crippen molar-refractivity contribution in [1.82, 2.24) is 9.62 Å². The van der Waals surface area contributed by atoms with Crippen LogP contribution in [0.1, 0.15) is 6.92 Å². The lowest BCUT2D eigenvalue weighted by Crippen LogP contribution is -2.52. The molecule has 4 nitrogen and oxygen atoms in total. The molecule has 1 saturated heterocycles. The zero-order chi connectivity index (χ0) is 14.2. The summed E-state index contributed by atoms with van der Waals surface area (Å²) in [6.07, 6.45) is 0. The average Bonchev–Trinajstić information content (AvgIpc) is 2.34. The molecule has 0 radical (unpaired) electrons. The fourth-order valence-electron chi connectivity index (χ4n) is 2.01. The standard InChI is InChI=1S/C11H13F3N2O2S/c1-7-6-15-2-3-16(7)19(17,18)11-5-9(13)8(12)4-10(11)14/h4-5,7,15H,2-3,6H2,1H3.